The number of ether oxygens (including phenoxy) is 1. The Morgan fingerprint density at radius 2 is 2.04 bits per heavy atom. The molecule has 1 N–H and O–H groups in total. The van der Waals surface area contributed by atoms with Crippen molar-refractivity contribution in [3.05, 3.63) is 23.0 Å². The molecule has 2 aliphatic heterocycles. The van der Waals surface area contributed by atoms with Gasteiger partial charge in [0.05, 0.1) is 23.5 Å². The van der Waals surface area contributed by atoms with Gasteiger partial charge in [-0.2, -0.15) is 4.31 Å². The largest absolute Gasteiger partial charge is 0.379 e. The van der Waals surface area contributed by atoms with Gasteiger partial charge in [0.15, 0.2) is 0 Å². The molecule has 3 rings (SSSR count). The number of carbonyl (C=O) groups is 1. The summed E-state index contributed by atoms with van der Waals surface area (Å²) in [4.78, 5) is 16.9. The third kappa shape index (κ3) is 3.55. The van der Waals surface area contributed by atoms with Gasteiger partial charge in [0.1, 0.15) is 5.69 Å². The maximum Gasteiger partial charge on any atom is 0.270 e. The molecule has 1 aromatic heterocycles. The maximum atomic E-state index is 12.8. The number of nitrogens with zero attached hydrogens (tertiary/aromatic N) is 2. The summed E-state index contributed by atoms with van der Waals surface area (Å²) < 4.78 is 32.2. The van der Waals surface area contributed by atoms with E-state index in [2.05, 4.69) is 4.98 Å². The molecule has 1 amide bonds. The second kappa shape index (κ2) is 6.80. The van der Waals surface area contributed by atoms with Crippen molar-refractivity contribution in [2.24, 2.45) is 0 Å². The van der Waals surface area contributed by atoms with E-state index in [4.69, 9.17) is 16.3 Å². The number of halogens is 1. The number of hydrogen-bond donors (Lipinski definition) is 1. The summed E-state index contributed by atoms with van der Waals surface area (Å²) in [7, 11) is -3.41. The van der Waals surface area contributed by atoms with Gasteiger partial charge in [0.2, 0.25) is 10.0 Å². The van der Waals surface area contributed by atoms with Gasteiger partial charge in [-0.05, 0) is 18.9 Å². The van der Waals surface area contributed by atoms with Gasteiger partial charge in [0.25, 0.3) is 5.91 Å². The molecule has 1 aromatic rings. The van der Waals surface area contributed by atoms with Crippen molar-refractivity contribution in [2.45, 2.75) is 18.1 Å². The van der Waals surface area contributed by atoms with Crippen LogP contribution in [0.25, 0.3) is 0 Å². The van der Waals surface area contributed by atoms with Gasteiger partial charge >= 0.3 is 0 Å². The minimum atomic E-state index is -3.41. The number of hydrogen-bond acceptors (Lipinski definition) is 4. The van der Waals surface area contributed by atoms with Crippen LogP contribution in [-0.2, 0) is 14.8 Å². The van der Waals surface area contributed by atoms with Gasteiger partial charge in [0, 0.05) is 32.4 Å². The molecular weight excluding hydrogens is 342 g/mol. The number of amides is 1. The summed E-state index contributed by atoms with van der Waals surface area (Å²) in [6.07, 6.45) is 2.80. The molecule has 2 saturated heterocycles. The lowest BCUT2D eigenvalue weighted by molar-refractivity contribution is 0.0683. The van der Waals surface area contributed by atoms with Gasteiger partial charge in [-0.3, -0.25) is 4.79 Å². The van der Waals surface area contributed by atoms with E-state index >= 15 is 0 Å². The van der Waals surface area contributed by atoms with E-state index in [1.165, 1.54) is 4.31 Å². The zero-order valence-corrected chi connectivity index (χ0v) is 14.3. The van der Waals surface area contributed by atoms with E-state index in [0.29, 0.717) is 56.4 Å². The molecule has 0 saturated carbocycles. The molecular formula is C14H20ClN3O4S. The van der Waals surface area contributed by atoms with Crippen LogP contribution in [0.2, 0.25) is 5.02 Å². The predicted molar refractivity (Wildman–Crippen MR) is 86.0 cm³/mol. The maximum absolute atomic E-state index is 12.8. The van der Waals surface area contributed by atoms with Gasteiger partial charge in [-0.1, -0.05) is 11.6 Å². The van der Waals surface area contributed by atoms with Crippen LogP contribution in [0, 0.1) is 0 Å². The van der Waals surface area contributed by atoms with E-state index in [1.54, 1.807) is 17.2 Å². The SMILES string of the molecule is O=C(c1cc(Cl)c[nH]1)N1CCC[C@H](S(=O)(=O)N2CCOCC2)C1. The van der Waals surface area contributed by atoms with Crippen LogP contribution in [0.5, 0.6) is 0 Å². The number of piperidine rings is 1. The van der Waals surface area contributed by atoms with Crippen molar-refractivity contribution in [3.63, 3.8) is 0 Å². The lowest BCUT2D eigenvalue weighted by atomic mass is 10.1. The number of aromatic nitrogens is 1. The Morgan fingerprint density at radius 1 is 1.30 bits per heavy atom. The number of carbonyl (C=O) groups excluding carboxylic acids is 1. The molecule has 2 aliphatic rings. The molecule has 0 unspecified atom stereocenters. The molecule has 9 heteroatoms. The first-order valence-corrected chi connectivity index (χ1v) is 9.56. The highest BCUT2D eigenvalue weighted by atomic mass is 35.5. The molecule has 3 heterocycles. The minimum Gasteiger partial charge on any atom is -0.379 e. The first-order valence-electron chi connectivity index (χ1n) is 7.68. The van der Waals surface area contributed by atoms with Crippen molar-refractivity contribution < 1.29 is 17.9 Å². The molecule has 0 bridgehead atoms. The van der Waals surface area contributed by atoms with Crippen molar-refractivity contribution in [1.82, 2.24) is 14.2 Å². The van der Waals surface area contributed by atoms with E-state index in [-0.39, 0.29) is 12.5 Å². The number of morpholine rings is 1. The number of nitrogens with one attached hydrogen (secondary N) is 1. The Balaban J connectivity index is 1.71. The molecule has 1 atom stereocenters. The summed E-state index contributed by atoms with van der Waals surface area (Å²) in [5, 5.41) is -0.0911. The zero-order valence-electron chi connectivity index (χ0n) is 12.7. The first-order chi connectivity index (χ1) is 11.0. The van der Waals surface area contributed by atoms with Crippen molar-refractivity contribution >= 4 is 27.5 Å². The molecule has 7 nitrogen and oxygen atoms in total. The smallest absolute Gasteiger partial charge is 0.270 e. The van der Waals surface area contributed by atoms with Crippen LogP contribution < -0.4 is 0 Å². The summed E-state index contributed by atoms with van der Waals surface area (Å²) in [6.45, 7) is 2.41. The third-order valence-corrected chi connectivity index (χ3v) is 6.83. The average molecular weight is 362 g/mol. The van der Waals surface area contributed by atoms with Crippen LogP contribution >= 0.6 is 11.6 Å². The molecule has 23 heavy (non-hydrogen) atoms. The van der Waals surface area contributed by atoms with E-state index in [0.717, 1.165) is 0 Å². The summed E-state index contributed by atoms with van der Waals surface area (Å²) in [5.74, 6) is -0.209. The Labute approximate surface area is 140 Å². The fourth-order valence-electron chi connectivity index (χ4n) is 3.04. The number of aromatic amines is 1. The van der Waals surface area contributed by atoms with Crippen molar-refractivity contribution in [3.8, 4) is 0 Å². The molecule has 128 valence electrons. The molecule has 0 spiro atoms. The summed E-state index contributed by atoms with van der Waals surface area (Å²) in [5.41, 5.74) is 0.388. The lowest BCUT2D eigenvalue weighted by Crippen LogP contribution is -2.51. The van der Waals surface area contributed by atoms with Gasteiger partial charge in [-0.25, -0.2) is 8.42 Å². The quantitative estimate of drug-likeness (QED) is 0.868. The van der Waals surface area contributed by atoms with Crippen LogP contribution in [0.15, 0.2) is 12.3 Å². The van der Waals surface area contributed by atoms with Crippen LogP contribution in [0.1, 0.15) is 23.3 Å². The number of H-pyrrole nitrogens is 1. The first kappa shape index (κ1) is 16.8. The lowest BCUT2D eigenvalue weighted by Gasteiger charge is -2.36. The topological polar surface area (TPSA) is 82.7 Å². The van der Waals surface area contributed by atoms with Crippen LogP contribution in [0.4, 0.5) is 0 Å². The highest BCUT2D eigenvalue weighted by Crippen LogP contribution is 2.23. The summed E-state index contributed by atoms with van der Waals surface area (Å²) >= 11 is 5.83. The Kier molecular flexibility index (Phi) is 4.96. The second-order valence-corrected chi connectivity index (χ2v) is 8.45. The normalized spacial score (nSPS) is 23.9. The number of likely N-dealkylation sites (tertiary alicyclic amines) is 1. The van der Waals surface area contributed by atoms with Crippen molar-refractivity contribution in [1.29, 1.82) is 0 Å². The predicted octanol–water partition coefficient (Wildman–Crippen LogP) is 0.935. The third-order valence-electron chi connectivity index (χ3n) is 4.29. The zero-order chi connectivity index (χ0) is 16.4. The highest BCUT2D eigenvalue weighted by Gasteiger charge is 2.37. The van der Waals surface area contributed by atoms with Gasteiger partial charge < -0.3 is 14.6 Å². The van der Waals surface area contributed by atoms with Crippen LogP contribution in [0.3, 0.4) is 0 Å². The monoisotopic (exact) mass is 361 g/mol. The molecule has 2 fully saturated rings. The van der Waals surface area contributed by atoms with E-state index in [1.807, 2.05) is 0 Å². The molecule has 0 aliphatic carbocycles. The standard InChI is InChI=1S/C14H20ClN3O4S/c15-11-8-13(16-9-11)14(19)17-3-1-2-12(10-17)23(20,21)18-4-6-22-7-5-18/h8-9,12,16H,1-7,10H2/t12-/m0/s1. The Morgan fingerprint density at radius 3 is 2.70 bits per heavy atom. The van der Waals surface area contributed by atoms with E-state index in [9.17, 15) is 13.2 Å². The fourth-order valence-corrected chi connectivity index (χ4v) is 5.12. The fraction of sp³-hybridized carbons (Fsp3) is 0.643. The number of rotatable bonds is 3. The van der Waals surface area contributed by atoms with E-state index < -0.39 is 15.3 Å². The van der Waals surface area contributed by atoms with Crippen molar-refractivity contribution in [2.75, 3.05) is 39.4 Å². The minimum absolute atomic E-state index is 0.209. The Bertz CT molecular complexity index is 669. The Hall–Kier alpha value is -1.09. The molecule has 0 radical (unpaired) electrons. The van der Waals surface area contributed by atoms with Gasteiger partial charge in [-0.15, -0.1) is 0 Å². The highest BCUT2D eigenvalue weighted by molar-refractivity contribution is 7.89. The molecule has 0 aromatic carbocycles. The second-order valence-electron chi connectivity index (χ2n) is 5.80. The number of sulfonamides is 1. The summed E-state index contributed by atoms with van der Waals surface area (Å²) in [6, 6.07) is 1.56. The average Bonchev–Trinajstić information content (AvgIpc) is 3.01. The van der Waals surface area contributed by atoms with Crippen LogP contribution in [-0.4, -0.2) is 73.2 Å².